The summed E-state index contributed by atoms with van der Waals surface area (Å²) in [6.07, 6.45) is 3.69. The summed E-state index contributed by atoms with van der Waals surface area (Å²) in [7, 11) is 0. The van der Waals surface area contributed by atoms with Crippen LogP contribution in [-0.2, 0) is 0 Å². The van der Waals surface area contributed by atoms with Crippen LogP contribution in [0, 0.1) is 0 Å². The Balaban J connectivity index is 1.59. The summed E-state index contributed by atoms with van der Waals surface area (Å²) >= 11 is 6.04. The monoisotopic (exact) mass is 285 g/mol. The van der Waals surface area contributed by atoms with Crippen molar-refractivity contribution in [1.82, 2.24) is 19.6 Å². The Bertz CT molecular complexity index is 749. The van der Waals surface area contributed by atoms with E-state index in [2.05, 4.69) is 20.1 Å². The van der Waals surface area contributed by atoms with Gasteiger partial charge >= 0.3 is 0 Å². The summed E-state index contributed by atoms with van der Waals surface area (Å²) in [5.41, 5.74) is 0.834. The van der Waals surface area contributed by atoms with Crippen LogP contribution in [0.2, 0.25) is 5.02 Å². The first-order chi connectivity index (χ1) is 9.81. The molecular formula is C14H12ClN5. The summed E-state index contributed by atoms with van der Waals surface area (Å²) < 4.78 is 1.97. The van der Waals surface area contributed by atoms with Crippen LogP contribution in [-0.4, -0.2) is 32.7 Å². The van der Waals surface area contributed by atoms with E-state index >= 15 is 0 Å². The van der Waals surface area contributed by atoms with Gasteiger partial charge < -0.3 is 4.90 Å². The Kier molecular flexibility index (Phi) is 2.60. The van der Waals surface area contributed by atoms with Crippen molar-refractivity contribution in [2.45, 2.75) is 5.92 Å². The van der Waals surface area contributed by atoms with Gasteiger partial charge in [-0.2, -0.15) is 0 Å². The second-order valence-corrected chi connectivity index (χ2v) is 5.36. The molecule has 4 heterocycles. The van der Waals surface area contributed by atoms with E-state index in [0.29, 0.717) is 10.9 Å². The summed E-state index contributed by atoms with van der Waals surface area (Å²) in [5.74, 6) is 2.34. The maximum absolute atomic E-state index is 6.04. The van der Waals surface area contributed by atoms with Gasteiger partial charge in [0, 0.05) is 25.5 Å². The number of nitrogens with zero attached hydrogens (tertiary/aromatic N) is 5. The van der Waals surface area contributed by atoms with Gasteiger partial charge in [-0.1, -0.05) is 17.7 Å². The van der Waals surface area contributed by atoms with Gasteiger partial charge in [-0.25, -0.2) is 4.98 Å². The zero-order valence-corrected chi connectivity index (χ0v) is 11.4. The summed E-state index contributed by atoms with van der Waals surface area (Å²) in [6, 6.07) is 9.66. The maximum Gasteiger partial charge on any atom is 0.160 e. The lowest BCUT2D eigenvalue weighted by molar-refractivity contribution is 0.493. The Labute approximate surface area is 120 Å². The smallest absolute Gasteiger partial charge is 0.160 e. The molecule has 1 aliphatic rings. The molecule has 0 unspecified atom stereocenters. The summed E-state index contributed by atoms with van der Waals surface area (Å²) in [4.78, 5) is 6.59. The highest BCUT2D eigenvalue weighted by molar-refractivity contribution is 6.30. The number of rotatable bonds is 2. The average molecular weight is 286 g/mol. The topological polar surface area (TPSA) is 46.3 Å². The molecular weight excluding hydrogens is 274 g/mol. The van der Waals surface area contributed by atoms with Crippen LogP contribution >= 0.6 is 11.6 Å². The zero-order chi connectivity index (χ0) is 13.5. The highest BCUT2D eigenvalue weighted by Gasteiger charge is 2.32. The molecule has 20 heavy (non-hydrogen) atoms. The van der Waals surface area contributed by atoms with Gasteiger partial charge in [0.15, 0.2) is 5.65 Å². The first kappa shape index (κ1) is 11.7. The molecule has 3 aromatic heterocycles. The highest BCUT2D eigenvalue weighted by atomic mass is 35.5. The van der Waals surface area contributed by atoms with Gasteiger partial charge in [0.05, 0.1) is 10.9 Å². The molecule has 0 aliphatic carbocycles. The molecule has 0 atom stereocenters. The molecule has 0 saturated carbocycles. The standard InChI is InChI=1S/C14H12ClN5/c15-11-4-5-13-17-18-14(20(13)9-11)10-7-19(8-10)12-3-1-2-6-16-12/h1-6,9-10H,7-8H2. The molecule has 0 spiro atoms. The molecule has 6 heteroatoms. The number of aromatic nitrogens is 4. The number of fused-ring (bicyclic) bond motifs is 1. The minimum absolute atomic E-state index is 0.366. The van der Waals surface area contributed by atoms with Crippen molar-refractivity contribution in [2.24, 2.45) is 0 Å². The van der Waals surface area contributed by atoms with E-state index in [9.17, 15) is 0 Å². The number of anilines is 1. The van der Waals surface area contributed by atoms with Crippen LogP contribution in [0.1, 0.15) is 11.7 Å². The second kappa shape index (κ2) is 4.45. The molecule has 0 aromatic carbocycles. The largest absolute Gasteiger partial charge is 0.355 e. The fourth-order valence-electron chi connectivity index (χ4n) is 2.53. The molecule has 1 aliphatic heterocycles. The zero-order valence-electron chi connectivity index (χ0n) is 10.6. The van der Waals surface area contributed by atoms with Gasteiger partial charge in [0.25, 0.3) is 0 Å². The number of hydrogen-bond acceptors (Lipinski definition) is 4. The third kappa shape index (κ3) is 1.82. The van der Waals surface area contributed by atoms with Crippen LogP contribution in [0.5, 0.6) is 0 Å². The van der Waals surface area contributed by atoms with Crippen LogP contribution in [0.15, 0.2) is 42.7 Å². The summed E-state index contributed by atoms with van der Waals surface area (Å²) in [6.45, 7) is 1.81. The van der Waals surface area contributed by atoms with E-state index in [-0.39, 0.29) is 0 Å². The number of hydrogen-bond donors (Lipinski definition) is 0. The van der Waals surface area contributed by atoms with Crippen molar-refractivity contribution < 1.29 is 0 Å². The van der Waals surface area contributed by atoms with Crippen molar-refractivity contribution in [3.63, 3.8) is 0 Å². The summed E-state index contributed by atoms with van der Waals surface area (Å²) in [5, 5.41) is 9.17. The Morgan fingerprint density at radius 2 is 2.00 bits per heavy atom. The molecule has 4 rings (SSSR count). The Morgan fingerprint density at radius 1 is 1.10 bits per heavy atom. The van der Waals surface area contributed by atoms with Crippen LogP contribution in [0.4, 0.5) is 5.82 Å². The van der Waals surface area contributed by atoms with E-state index in [4.69, 9.17) is 11.6 Å². The van der Waals surface area contributed by atoms with E-state index < -0.39 is 0 Å². The molecule has 1 saturated heterocycles. The van der Waals surface area contributed by atoms with E-state index in [1.807, 2.05) is 47.1 Å². The fraction of sp³-hybridized carbons (Fsp3) is 0.214. The molecule has 0 bridgehead atoms. The van der Waals surface area contributed by atoms with Crippen LogP contribution in [0.3, 0.4) is 0 Å². The average Bonchev–Trinajstić information content (AvgIpc) is 2.82. The third-order valence-electron chi connectivity index (χ3n) is 3.61. The van der Waals surface area contributed by atoms with Gasteiger partial charge in [0.2, 0.25) is 0 Å². The van der Waals surface area contributed by atoms with Gasteiger partial charge in [-0.05, 0) is 24.3 Å². The van der Waals surface area contributed by atoms with Crippen LogP contribution in [0.25, 0.3) is 5.65 Å². The van der Waals surface area contributed by atoms with Crippen molar-refractivity contribution in [3.8, 4) is 0 Å². The Morgan fingerprint density at radius 3 is 2.80 bits per heavy atom. The quantitative estimate of drug-likeness (QED) is 0.725. The lowest BCUT2D eigenvalue weighted by Crippen LogP contribution is -2.46. The lowest BCUT2D eigenvalue weighted by Gasteiger charge is -2.39. The SMILES string of the molecule is Clc1ccc2nnc(C3CN(c4ccccn4)C3)n2c1. The van der Waals surface area contributed by atoms with E-state index in [0.717, 1.165) is 30.4 Å². The van der Waals surface area contributed by atoms with Crippen molar-refractivity contribution in [3.05, 3.63) is 53.6 Å². The second-order valence-electron chi connectivity index (χ2n) is 4.92. The van der Waals surface area contributed by atoms with Crippen LogP contribution < -0.4 is 4.90 Å². The predicted molar refractivity (Wildman–Crippen MR) is 77.2 cm³/mol. The molecule has 0 radical (unpaired) electrons. The van der Waals surface area contributed by atoms with Crippen molar-refractivity contribution >= 4 is 23.1 Å². The third-order valence-corrected chi connectivity index (χ3v) is 3.84. The first-order valence-electron chi connectivity index (χ1n) is 6.47. The maximum atomic E-state index is 6.04. The van der Waals surface area contributed by atoms with Crippen molar-refractivity contribution in [1.29, 1.82) is 0 Å². The van der Waals surface area contributed by atoms with E-state index in [1.54, 1.807) is 0 Å². The normalized spacial score (nSPS) is 15.6. The highest BCUT2D eigenvalue weighted by Crippen LogP contribution is 2.29. The van der Waals surface area contributed by atoms with Gasteiger partial charge in [0.1, 0.15) is 11.6 Å². The molecule has 3 aromatic rings. The molecule has 1 fully saturated rings. The van der Waals surface area contributed by atoms with Crippen molar-refractivity contribution in [2.75, 3.05) is 18.0 Å². The minimum atomic E-state index is 0.366. The first-order valence-corrected chi connectivity index (χ1v) is 6.85. The molecule has 0 N–H and O–H groups in total. The predicted octanol–water partition coefficient (Wildman–Crippen LogP) is 2.38. The fourth-order valence-corrected chi connectivity index (χ4v) is 2.69. The lowest BCUT2D eigenvalue weighted by atomic mass is 9.99. The number of halogens is 1. The molecule has 0 amide bonds. The van der Waals surface area contributed by atoms with Gasteiger partial charge in [-0.15, -0.1) is 10.2 Å². The van der Waals surface area contributed by atoms with Gasteiger partial charge in [-0.3, -0.25) is 4.40 Å². The molecule has 5 nitrogen and oxygen atoms in total. The Hall–Kier alpha value is -2.14. The number of pyridine rings is 2. The van der Waals surface area contributed by atoms with E-state index in [1.165, 1.54) is 0 Å². The molecule has 100 valence electrons. The minimum Gasteiger partial charge on any atom is -0.355 e.